The Kier molecular flexibility index (Phi) is 6.07. The summed E-state index contributed by atoms with van der Waals surface area (Å²) in [7, 11) is 0. The molecule has 0 aliphatic carbocycles. The molecule has 1 N–H and O–H groups in total. The topological polar surface area (TPSA) is 61.4 Å². The number of hydrogen-bond acceptors (Lipinski definition) is 5. The Hall–Kier alpha value is -2.60. The summed E-state index contributed by atoms with van der Waals surface area (Å²) >= 11 is 6.11. The van der Waals surface area contributed by atoms with Gasteiger partial charge in [0.25, 0.3) is 0 Å². The average molecular weight is 372 g/mol. The highest BCUT2D eigenvalue weighted by Gasteiger charge is 2.20. The van der Waals surface area contributed by atoms with Gasteiger partial charge in [0.2, 0.25) is 5.91 Å². The van der Waals surface area contributed by atoms with Gasteiger partial charge in [0.05, 0.1) is 0 Å². The summed E-state index contributed by atoms with van der Waals surface area (Å²) < 4.78 is 0. The second-order valence-corrected chi connectivity index (χ2v) is 6.38. The van der Waals surface area contributed by atoms with E-state index in [-0.39, 0.29) is 5.91 Å². The van der Waals surface area contributed by atoms with Crippen LogP contribution < -0.4 is 10.2 Å². The van der Waals surface area contributed by atoms with E-state index in [2.05, 4.69) is 20.4 Å². The third-order valence-corrected chi connectivity index (χ3v) is 4.58. The standard InChI is InChI=1S/C19H22ClN5O/c1-2-21-17-8-9-18(23-22-17)24-11-13-25(14-12-24)19(26)10-7-15-5-3-4-6-16(15)20/h3-10H,2,11-14H2,1H3,(H,21,22)/b10-7+. The molecule has 1 fully saturated rings. The van der Waals surface area contributed by atoms with E-state index in [4.69, 9.17) is 11.6 Å². The number of carbonyl (C=O) groups excluding carboxylic acids is 1. The van der Waals surface area contributed by atoms with Crippen LogP contribution in [0.1, 0.15) is 12.5 Å². The third-order valence-electron chi connectivity index (χ3n) is 4.23. The van der Waals surface area contributed by atoms with E-state index in [0.717, 1.165) is 36.8 Å². The summed E-state index contributed by atoms with van der Waals surface area (Å²) in [5.41, 5.74) is 0.845. The smallest absolute Gasteiger partial charge is 0.246 e. The highest BCUT2D eigenvalue weighted by Crippen LogP contribution is 2.17. The molecule has 1 aromatic heterocycles. The van der Waals surface area contributed by atoms with Crippen LogP contribution in [0.25, 0.3) is 6.08 Å². The van der Waals surface area contributed by atoms with Crippen LogP contribution in [0.15, 0.2) is 42.5 Å². The van der Waals surface area contributed by atoms with E-state index in [9.17, 15) is 4.79 Å². The first-order chi connectivity index (χ1) is 12.7. The lowest BCUT2D eigenvalue weighted by atomic mass is 10.2. The summed E-state index contributed by atoms with van der Waals surface area (Å²) in [6, 6.07) is 11.4. The summed E-state index contributed by atoms with van der Waals surface area (Å²) in [6.45, 7) is 5.62. The summed E-state index contributed by atoms with van der Waals surface area (Å²) in [5, 5.41) is 12.2. The van der Waals surface area contributed by atoms with Gasteiger partial charge in [0, 0.05) is 43.8 Å². The van der Waals surface area contributed by atoms with E-state index in [1.165, 1.54) is 0 Å². The van der Waals surface area contributed by atoms with Gasteiger partial charge >= 0.3 is 0 Å². The Morgan fingerprint density at radius 1 is 1.15 bits per heavy atom. The van der Waals surface area contributed by atoms with Crippen LogP contribution in [0.5, 0.6) is 0 Å². The molecule has 1 aliphatic rings. The Balaban J connectivity index is 1.54. The molecule has 3 rings (SSSR count). The Morgan fingerprint density at radius 2 is 1.92 bits per heavy atom. The van der Waals surface area contributed by atoms with E-state index >= 15 is 0 Å². The van der Waals surface area contributed by atoms with Gasteiger partial charge in [0.1, 0.15) is 5.82 Å². The van der Waals surface area contributed by atoms with E-state index in [1.54, 1.807) is 12.2 Å². The number of piperazine rings is 1. The Labute approximate surface area is 158 Å². The Morgan fingerprint density at radius 3 is 2.58 bits per heavy atom. The minimum Gasteiger partial charge on any atom is -0.369 e. The molecule has 1 amide bonds. The zero-order valence-corrected chi connectivity index (χ0v) is 15.5. The van der Waals surface area contributed by atoms with Crippen molar-refractivity contribution in [2.45, 2.75) is 6.92 Å². The number of nitrogens with zero attached hydrogens (tertiary/aromatic N) is 4. The van der Waals surface area contributed by atoms with Gasteiger partial charge in [-0.3, -0.25) is 4.79 Å². The third kappa shape index (κ3) is 4.52. The predicted octanol–water partition coefficient (Wildman–Crippen LogP) is 2.92. The molecule has 6 nitrogen and oxygen atoms in total. The predicted molar refractivity (Wildman–Crippen MR) is 105 cm³/mol. The molecule has 0 unspecified atom stereocenters. The van der Waals surface area contributed by atoms with Gasteiger partial charge in [-0.15, -0.1) is 10.2 Å². The minimum atomic E-state index is -0.00172. The van der Waals surface area contributed by atoms with Gasteiger partial charge in [-0.1, -0.05) is 29.8 Å². The number of benzene rings is 1. The second-order valence-electron chi connectivity index (χ2n) is 5.97. The van der Waals surface area contributed by atoms with Crippen LogP contribution in [-0.2, 0) is 4.79 Å². The maximum atomic E-state index is 12.4. The summed E-state index contributed by atoms with van der Waals surface area (Å²) in [4.78, 5) is 16.4. The molecular weight excluding hydrogens is 350 g/mol. The highest BCUT2D eigenvalue weighted by molar-refractivity contribution is 6.32. The van der Waals surface area contributed by atoms with E-state index in [0.29, 0.717) is 18.1 Å². The lowest BCUT2D eigenvalue weighted by molar-refractivity contribution is -0.126. The van der Waals surface area contributed by atoms with Crippen LogP contribution in [0.4, 0.5) is 11.6 Å². The van der Waals surface area contributed by atoms with Gasteiger partial charge in [-0.2, -0.15) is 0 Å². The first kappa shape index (κ1) is 18.2. The highest BCUT2D eigenvalue weighted by atomic mass is 35.5. The SMILES string of the molecule is CCNc1ccc(N2CCN(C(=O)/C=C/c3ccccc3Cl)CC2)nn1. The maximum absolute atomic E-state index is 12.4. The first-order valence-corrected chi connectivity index (χ1v) is 9.09. The quantitative estimate of drug-likeness (QED) is 0.819. The zero-order valence-electron chi connectivity index (χ0n) is 14.7. The number of hydrogen-bond donors (Lipinski definition) is 1. The number of carbonyl (C=O) groups is 1. The number of amides is 1. The molecule has 0 saturated carbocycles. The minimum absolute atomic E-state index is 0.00172. The average Bonchev–Trinajstić information content (AvgIpc) is 2.68. The number of anilines is 2. The fourth-order valence-electron chi connectivity index (χ4n) is 2.80. The molecule has 1 aromatic carbocycles. The molecule has 0 radical (unpaired) electrons. The summed E-state index contributed by atoms with van der Waals surface area (Å²) in [5.74, 6) is 1.61. The molecule has 26 heavy (non-hydrogen) atoms. The largest absolute Gasteiger partial charge is 0.369 e. The number of aromatic nitrogens is 2. The van der Waals surface area contributed by atoms with Crippen molar-refractivity contribution in [1.82, 2.24) is 15.1 Å². The Bertz CT molecular complexity index is 770. The van der Waals surface area contributed by atoms with Crippen molar-refractivity contribution < 1.29 is 4.79 Å². The first-order valence-electron chi connectivity index (χ1n) is 8.71. The zero-order chi connectivity index (χ0) is 18.4. The lowest BCUT2D eigenvalue weighted by Gasteiger charge is -2.34. The van der Waals surface area contributed by atoms with Crippen LogP contribution in [0.2, 0.25) is 5.02 Å². The molecule has 1 aliphatic heterocycles. The van der Waals surface area contributed by atoms with Gasteiger partial charge in [-0.25, -0.2) is 0 Å². The molecule has 2 heterocycles. The molecule has 7 heteroatoms. The van der Waals surface area contributed by atoms with Crippen LogP contribution in [0.3, 0.4) is 0 Å². The molecule has 136 valence electrons. The fourth-order valence-corrected chi connectivity index (χ4v) is 3.00. The molecule has 1 saturated heterocycles. The van der Waals surface area contributed by atoms with E-state index in [1.807, 2.05) is 48.2 Å². The van der Waals surface area contributed by atoms with Crippen molar-refractivity contribution in [2.75, 3.05) is 42.9 Å². The molecule has 0 spiro atoms. The second kappa shape index (κ2) is 8.67. The number of halogens is 1. The maximum Gasteiger partial charge on any atom is 0.246 e. The number of nitrogens with one attached hydrogen (secondary N) is 1. The van der Waals surface area contributed by atoms with Crippen LogP contribution >= 0.6 is 11.6 Å². The van der Waals surface area contributed by atoms with Crippen LogP contribution in [0, 0.1) is 0 Å². The van der Waals surface area contributed by atoms with Crippen molar-refractivity contribution in [1.29, 1.82) is 0 Å². The summed E-state index contributed by atoms with van der Waals surface area (Å²) in [6.07, 6.45) is 3.35. The van der Waals surface area contributed by atoms with Gasteiger partial charge in [0.15, 0.2) is 5.82 Å². The molecular formula is C19H22ClN5O. The monoisotopic (exact) mass is 371 g/mol. The van der Waals surface area contributed by atoms with Crippen molar-refractivity contribution in [3.63, 3.8) is 0 Å². The van der Waals surface area contributed by atoms with Gasteiger partial charge < -0.3 is 15.1 Å². The van der Waals surface area contributed by atoms with Crippen LogP contribution in [-0.4, -0.2) is 53.7 Å². The molecule has 0 atom stereocenters. The van der Waals surface area contributed by atoms with Gasteiger partial charge in [-0.05, 0) is 36.8 Å². The van der Waals surface area contributed by atoms with E-state index < -0.39 is 0 Å². The van der Waals surface area contributed by atoms with Crippen molar-refractivity contribution in [2.24, 2.45) is 0 Å². The lowest BCUT2D eigenvalue weighted by Crippen LogP contribution is -2.48. The van der Waals surface area contributed by atoms with Crippen molar-refractivity contribution in [3.05, 3.63) is 53.1 Å². The normalized spacial score (nSPS) is 14.7. The molecule has 2 aromatic rings. The van der Waals surface area contributed by atoms with Crippen molar-refractivity contribution in [3.8, 4) is 0 Å². The fraction of sp³-hybridized carbons (Fsp3) is 0.316. The molecule has 0 bridgehead atoms. The van der Waals surface area contributed by atoms with Crippen molar-refractivity contribution >= 4 is 35.2 Å². The number of rotatable bonds is 5.